The zero-order valence-electron chi connectivity index (χ0n) is 20.5. The molecule has 2 aliphatic heterocycles. The Morgan fingerprint density at radius 3 is 2.31 bits per heavy atom. The quantitative estimate of drug-likeness (QED) is 0.619. The van der Waals surface area contributed by atoms with Crippen molar-refractivity contribution in [3.8, 4) is 0 Å². The molecular weight excluding hydrogens is 501 g/mol. The lowest BCUT2D eigenvalue weighted by atomic mass is 9.48. The molecule has 2 saturated heterocycles. The average molecular weight is 537 g/mol. The van der Waals surface area contributed by atoms with E-state index in [1.54, 1.807) is 12.4 Å². The van der Waals surface area contributed by atoms with Crippen molar-refractivity contribution in [2.75, 3.05) is 44.2 Å². The van der Waals surface area contributed by atoms with Gasteiger partial charge in [0.2, 0.25) is 5.91 Å². The summed E-state index contributed by atoms with van der Waals surface area (Å²) >= 11 is 12.6. The highest BCUT2D eigenvalue weighted by atomic mass is 35.5. The number of piperazine rings is 1. The first-order chi connectivity index (χ1) is 17.3. The van der Waals surface area contributed by atoms with Gasteiger partial charge in [-0.05, 0) is 62.7 Å². The number of urea groups is 1. The predicted octanol–water partition coefficient (Wildman–Crippen LogP) is 3.40. The van der Waals surface area contributed by atoms with Crippen molar-refractivity contribution in [1.82, 2.24) is 20.1 Å². The van der Waals surface area contributed by atoms with Gasteiger partial charge in [-0.2, -0.15) is 0 Å². The molecular formula is C26H35Cl2N5O3. The molecule has 2 N–H and O–H groups in total. The molecule has 1 aromatic rings. The molecule has 3 atom stereocenters. The van der Waals surface area contributed by atoms with Crippen LogP contribution < -0.4 is 10.2 Å². The van der Waals surface area contributed by atoms with Crippen LogP contribution in [0.15, 0.2) is 12.4 Å². The Balaban J connectivity index is 1.04. The molecule has 4 aliphatic carbocycles. The molecule has 10 heteroatoms. The lowest BCUT2D eigenvalue weighted by Crippen LogP contribution is -2.61. The lowest BCUT2D eigenvalue weighted by molar-refractivity contribution is -0.163. The summed E-state index contributed by atoms with van der Waals surface area (Å²) in [5.41, 5.74) is 0.465. The summed E-state index contributed by atoms with van der Waals surface area (Å²) in [5, 5.41) is 15.0. The molecule has 36 heavy (non-hydrogen) atoms. The third kappa shape index (κ3) is 4.33. The fourth-order valence-electron chi connectivity index (χ4n) is 7.91. The van der Waals surface area contributed by atoms with E-state index in [0.29, 0.717) is 48.7 Å². The van der Waals surface area contributed by atoms with Crippen molar-refractivity contribution in [2.24, 2.45) is 23.2 Å². The van der Waals surface area contributed by atoms with Crippen molar-refractivity contribution >= 4 is 40.8 Å². The normalized spacial score (nSPS) is 35.8. The second kappa shape index (κ2) is 9.52. The number of hydrogen-bond acceptors (Lipinski definition) is 5. The van der Waals surface area contributed by atoms with Gasteiger partial charge in [-0.15, -0.1) is 0 Å². The van der Waals surface area contributed by atoms with Crippen LogP contribution in [0.1, 0.15) is 44.9 Å². The number of anilines is 1. The van der Waals surface area contributed by atoms with Gasteiger partial charge in [0, 0.05) is 57.7 Å². The zero-order chi connectivity index (χ0) is 25.0. The number of halogens is 2. The molecule has 0 spiro atoms. The minimum atomic E-state index is -0.312. The molecule has 6 aliphatic rings. The van der Waals surface area contributed by atoms with Gasteiger partial charge < -0.3 is 25.1 Å². The highest BCUT2D eigenvalue weighted by Gasteiger charge is 2.58. The van der Waals surface area contributed by atoms with E-state index < -0.39 is 0 Å². The van der Waals surface area contributed by atoms with Gasteiger partial charge in [0.15, 0.2) is 0 Å². The first-order valence-corrected chi connectivity index (χ1v) is 14.2. The molecule has 0 aromatic carbocycles. The van der Waals surface area contributed by atoms with E-state index in [1.165, 1.54) is 0 Å². The Morgan fingerprint density at radius 1 is 0.972 bits per heavy atom. The van der Waals surface area contributed by atoms with Crippen LogP contribution in [-0.2, 0) is 4.79 Å². The van der Waals surface area contributed by atoms with E-state index in [-0.39, 0.29) is 41.3 Å². The molecule has 3 amide bonds. The van der Waals surface area contributed by atoms with Gasteiger partial charge in [-0.3, -0.25) is 9.78 Å². The van der Waals surface area contributed by atoms with Crippen LogP contribution in [-0.4, -0.2) is 83.2 Å². The minimum absolute atomic E-state index is 0.0103. The number of nitrogens with one attached hydrogen (secondary N) is 1. The van der Waals surface area contributed by atoms with Crippen LogP contribution in [0.3, 0.4) is 0 Å². The molecule has 8 nitrogen and oxygen atoms in total. The van der Waals surface area contributed by atoms with Crippen LogP contribution in [0, 0.1) is 23.2 Å². The van der Waals surface area contributed by atoms with Crippen molar-refractivity contribution < 1.29 is 14.7 Å². The fraction of sp³-hybridized carbons (Fsp3) is 0.731. The highest BCUT2D eigenvalue weighted by molar-refractivity contribution is 6.38. The summed E-state index contributed by atoms with van der Waals surface area (Å²) < 4.78 is 0. The maximum atomic E-state index is 13.5. The number of hydrogen-bond donors (Lipinski definition) is 2. The number of carbonyl (C=O) groups excluding carboxylic acids is 2. The van der Waals surface area contributed by atoms with Gasteiger partial charge in [-0.25, -0.2) is 4.79 Å². The van der Waals surface area contributed by atoms with Gasteiger partial charge in [0.1, 0.15) is 0 Å². The van der Waals surface area contributed by atoms with Gasteiger partial charge in [0.25, 0.3) is 0 Å². The average Bonchev–Trinajstić information content (AvgIpc) is 2.87. The first-order valence-electron chi connectivity index (χ1n) is 13.4. The number of aliphatic hydroxyl groups excluding tert-OH is 1. The SMILES string of the molecule is O=C(N1CCN(c2c(Cl)cncc2Cl)CC1)N1CCCC(NC(=O)C23CC4CC(C2)C(O)C(C4)C3)C1. The Morgan fingerprint density at radius 2 is 1.64 bits per heavy atom. The van der Waals surface area contributed by atoms with E-state index in [4.69, 9.17) is 23.2 Å². The summed E-state index contributed by atoms with van der Waals surface area (Å²) in [4.78, 5) is 36.8. The minimum Gasteiger partial charge on any atom is -0.393 e. The Kier molecular flexibility index (Phi) is 6.49. The summed E-state index contributed by atoms with van der Waals surface area (Å²) in [7, 11) is 0. The van der Waals surface area contributed by atoms with Crippen LogP contribution in [0.25, 0.3) is 0 Å². The Labute approximate surface area is 222 Å². The van der Waals surface area contributed by atoms with Crippen molar-refractivity contribution in [1.29, 1.82) is 0 Å². The second-order valence-corrected chi connectivity index (χ2v) is 12.5. The number of likely N-dealkylation sites (tertiary alicyclic amines) is 1. The maximum Gasteiger partial charge on any atom is 0.320 e. The molecule has 196 valence electrons. The number of rotatable bonds is 3. The number of aliphatic hydroxyl groups is 1. The standard InChI is InChI=1S/C26H35Cl2N5O3/c27-20-13-29-14-21(28)22(20)31-4-6-32(7-5-31)25(36)33-3-1-2-19(15-33)30-24(35)26-10-16-8-17(11-26)23(34)18(9-16)12-26/h13-14,16-19,23,34H,1-12,15H2,(H,30,35). The van der Waals surface area contributed by atoms with E-state index in [0.717, 1.165) is 57.2 Å². The molecule has 6 fully saturated rings. The number of piperidine rings is 1. The van der Waals surface area contributed by atoms with E-state index >= 15 is 0 Å². The van der Waals surface area contributed by atoms with Gasteiger partial charge in [0.05, 0.1) is 27.3 Å². The van der Waals surface area contributed by atoms with Gasteiger partial charge >= 0.3 is 6.03 Å². The van der Waals surface area contributed by atoms with E-state index in [1.807, 2.05) is 9.80 Å². The van der Waals surface area contributed by atoms with Crippen LogP contribution in [0.5, 0.6) is 0 Å². The maximum absolute atomic E-state index is 13.5. The van der Waals surface area contributed by atoms with Gasteiger partial charge in [-0.1, -0.05) is 23.2 Å². The second-order valence-electron chi connectivity index (χ2n) is 11.7. The Bertz CT molecular complexity index is 997. The molecule has 3 unspecified atom stereocenters. The topological polar surface area (TPSA) is 89.0 Å². The zero-order valence-corrected chi connectivity index (χ0v) is 22.1. The third-order valence-corrected chi connectivity index (χ3v) is 9.98. The smallest absolute Gasteiger partial charge is 0.320 e. The number of aromatic nitrogens is 1. The molecule has 1 aromatic heterocycles. The third-order valence-electron chi connectivity index (χ3n) is 9.43. The first kappa shape index (κ1) is 24.6. The lowest BCUT2D eigenvalue weighted by Gasteiger charge is -2.58. The van der Waals surface area contributed by atoms with E-state index in [9.17, 15) is 14.7 Å². The number of nitrogens with zero attached hydrogens (tertiary/aromatic N) is 4. The van der Waals surface area contributed by atoms with Crippen LogP contribution in [0.2, 0.25) is 10.0 Å². The summed E-state index contributed by atoms with van der Waals surface area (Å²) in [5.74, 6) is 1.30. The molecule has 4 bridgehead atoms. The molecule has 7 rings (SSSR count). The van der Waals surface area contributed by atoms with Crippen LogP contribution >= 0.6 is 23.2 Å². The number of pyridine rings is 1. The molecule has 4 saturated carbocycles. The monoisotopic (exact) mass is 535 g/mol. The Hall–Kier alpha value is -1.77. The summed E-state index contributed by atoms with van der Waals surface area (Å²) in [6.07, 6.45) is 9.49. The highest BCUT2D eigenvalue weighted by Crippen LogP contribution is 2.60. The van der Waals surface area contributed by atoms with Crippen LogP contribution in [0.4, 0.5) is 10.5 Å². The summed E-state index contributed by atoms with van der Waals surface area (Å²) in [6, 6.07) is 0.0299. The van der Waals surface area contributed by atoms with Crippen molar-refractivity contribution in [3.05, 3.63) is 22.4 Å². The number of amides is 3. The number of carbonyl (C=O) groups is 2. The van der Waals surface area contributed by atoms with Crippen molar-refractivity contribution in [3.63, 3.8) is 0 Å². The molecule has 3 heterocycles. The largest absolute Gasteiger partial charge is 0.393 e. The predicted molar refractivity (Wildman–Crippen MR) is 138 cm³/mol. The molecule has 0 radical (unpaired) electrons. The fourth-order valence-corrected chi connectivity index (χ4v) is 8.51. The summed E-state index contributed by atoms with van der Waals surface area (Å²) in [6.45, 7) is 3.77. The van der Waals surface area contributed by atoms with E-state index in [2.05, 4.69) is 15.2 Å². The van der Waals surface area contributed by atoms with Crippen molar-refractivity contribution in [2.45, 2.75) is 57.1 Å².